The second kappa shape index (κ2) is 13.8. The van der Waals surface area contributed by atoms with Crippen LogP contribution in [0.4, 0.5) is 0 Å². The van der Waals surface area contributed by atoms with Crippen molar-refractivity contribution in [3.8, 4) is 0 Å². The van der Waals surface area contributed by atoms with Crippen molar-refractivity contribution in [1.29, 1.82) is 0 Å². The van der Waals surface area contributed by atoms with Gasteiger partial charge in [0.25, 0.3) is 11.8 Å². The summed E-state index contributed by atoms with van der Waals surface area (Å²) in [6.45, 7) is 7.85. The molecule has 1 rings (SSSR count). The molecule has 0 spiro atoms. The maximum atomic E-state index is 12.6. The molecule has 2 atom stereocenters. The molecule has 0 aliphatic carbocycles. The fourth-order valence-corrected chi connectivity index (χ4v) is 2.79. The van der Waals surface area contributed by atoms with Crippen LogP contribution in [0.5, 0.6) is 0 Å². The molecule has 1 aliphatic heterocycles. The highest BCUT2D eigenvalue weighted by atomic mass is 16.2. The van der Waals surface area contributed by atoms with Gasteiger partial charge >= 0.3 is 0 Å². The highest BCUT2D eigenvalue weighted by Crippen LogP contribution is 2.03. The quantitative estimate of drug-likeness (QED) is 0.176. The molecule has 0 bridgehead atoms. The highest BCUT2D eigenvalue weighted by Gasteiger charge is 2.28. The molecule has 5 N–H and O–H groups in total. The van der Waals surface area contributed by atoms with E-state index in [1.54, 1.807) is 13.8 Å². The minimum atomic E-state index is -0.941. The maximum absolute atomic E-state index is 12.6. The first kappa shape index (κ1) is 29.3. The average molecular weight is 495 g/mol. The van der Waals surface area contributed by atoms with Crippen molar-refractivity contribution >= 4 is 41.4 Å². The van der Waals surface area contributed by atoms with Gasteiger partial charge in [0.1, 0.15) is 18.6 Å². The van der Waals surface area contributed by atoms with Crippen molar-refractivity contribution in [1.82, 2.24) is 31.5 Å². The third-order valence-corrected chi connectivity index (χ3v) is 4.80. The van der Waals surface area contributed by atoms with Gasteiger partial charge in [0, 0.05) is 18.7 Å². The van der Waals surface area contributed by atoms with Crippen LogP contribution in [0.2, 0.25) is 0 Å². The van der Waals surface area contributed by atoms with E-state index < -0.39 is 67.2 Å². The summed E-state index contributed by atoms with van der Waals surface area (Å²) in [5.74, 6) is -4.24. The SMILES string of the molecule is CC(C)CNC(=O)[C@H](C)NC(=O)[C@@H](NC(=O)CNC(=O)CNC(=O)CN1C(=O)C=CC1=O)C(C)C. The van der Waals surface area contributed by atoms with Crippen molar-refractivity contribution in [3.05, 3.63) is 12.2 Å². The molecule has 0 aromatic heterocycles. The summed E-state index contributed by atoms with van der Waals surface area (Å²) in [6, 6.07) is -1.74. The zero-order chi connectivity index (χ0) is 26.7. The summed E-state index contributed by atoms with van der Waals surface area (Å²) < 4.78 is 0. The van der Waals surface area contributed by atoms with E-state index in [2.05, 4.69) is 26.6 Å². The van der Waals surface area contributed by atoms with Gasteiger partial charge in [-0.3, -0.25) is 38.5 Å². The smallest absolute Gasteiger partial charge is 0.254 e. The molecular formula is C22H34N6O7. The molecule has 0 unspecified atom stereocenters. The molecular weight excluding hydrogens is 460 g/mol. The first-order valence-electron chi connectivity index (χ1n) is 11.3. The zero-order valence-electron chi connectivity index (χ0n) is 20.6. The molecule has 0 aromatic carbocycles. The third kappa shape index (κ3) is 10.4. The van der Waals surface area contributed by atoms with Crippen LogP contribution in [0, 0.1) is 11.8 Å². The summed E-state index contributed by atoms with van der Waals surface area (Å²) >= 11 is 0. The molecule has 13 nitrogen and oxygen atoms in total. The molecule has 35 heavy (non-hydrogen) atoms. The van der Waals surface area contributed by atoms with Gasteiger partial charge in [0.15, 0.2) is 0 Å². The number of rotatable bonds is 13. The zero-order valence-corrected chi connectivity index (χ0v) is 20.6. The van der Waals surface area contributed by atoms with Crippen molar-refractivity contribution in [3.63, 3.8) is 0 Å². The average Bonchev–Trinajstić information content (AvgIpc) is 3.09. The number of amides is 7. The van der Waals surface area contributed by atoms with Crippen LogP contribution in [0.1, 0.15) is 34.6 Å². The lowest BCUT2D eigenvalue weighted by Gasteiger charge is -2.24. The van der Waals surface area contributed by atoms with Gasteiger partial charge in [-0.05, 0) is 18.8 Å². The fourth-order valence-electron chi connectivity index (χ4n) is 2.79. The number of carbonyl (C=O) groups excluding carboxylic acids is 7. The van der Waals surface area contributed by atoms with Crippen LogP contribution in [-0.4, -0.2) is 84.5 Å². The molecule has 13 heteroatoms. The first-order valence-corrected chi connectivity index (χ1v) is 11.3. The minimum Gasteiger partial charge on any atom is -0.354 e. The lowest BCUT2D eigenvalue weighted by atomic mass is 10.0. The summed E-state index contributed by atoms with van der Waals surface area (Å²) in [5, 5.41) is 12.3. The summed E-state index contributed by atoms with van der Waals surface area (Å²) in [7, 11) is 0. The van der Waals surface area contributed by atoms with E-state index in [0.717, 1.165) is 12.2 Å². The predicted molar refractivity (Wildman–Crippen MR) is 124 cm³/mol. The Morgan fingerprint density at radius 1 is 0.743 bits per heavy atom. The Bertz CT molecular complexity index is 866. The highest BCUT2D eigenvalue weighted by molar-refractivity contribution is 6.14. The number of hydrogen-bond acceptors (Lipinski definition) is 7. The second-order valence-corrected chi connectivity index (χ2v) is 8.81. The molecule has 0 saturated carbocycles. The van der Waals surface area contributed by atoms with E-state index >= 15 is 0 Å². The Kier molecular flexibility index (Phi) is 11.6. The van der Waals surface area contributed by atoms with E-state index in [0.29, 0.717) is 11.4 Å². The molecule has 0 fully saturated rings. The monoisotopic (exact) mass is 494 g/mol. The van der Waals surface area contributed by atoms with Crippen LogP contribution in [0.25, 0.3) is 0 Å². The largest absolute Gasteiger partial charge is 0.354 e. The summed E-state index contributed by atoms with van der Waals surface area (Å²) in [6.07, 6.45) is 2.07. The second-order valence-electron chi connectivity index (χ2n) is 8.81. The van der Waals surface area contributed by atoms with E-state index in [4.69, 9.17) is 0 Å². The van der Waals surface area contributed by atoms with Crippen LogP contribution in [-0.2, 0) is 33.6 Å². The van der Waals surface area contributed by atoms with Crippen molar-refractivity contribution in [2.75, 3.05) is 26.2 Å². The number of nitrogens with one attached hydrogen (secondary N) is 5. The van der Waals surface area contributed by atoms with Gasteiger partial charge < -0.3 is 26.6 Å². The standard InChI is InChI=1S/C22H34N6O7/c1-12(2)8-25-21(34)14(5)26-22(35)20(13(3)4)27-16(30)10-23-15(29)9-24-17(31)11-28-18(32)6-7-19(28)33/h6-7,12-14,20H,8-11H2,1-5H3,(H,23,29)(H,24,31)(H,25,34)(H,26,35)(H,27,30)/t14-,20-/m0/s1. The molecule has 194 valence electrons. The summed E-state index contributed by atoms with van der Waals surface area (Å²) in [5.41, 5.74) is 0. The molecule has 0 saturated heterocycles. The minimum absolute atomic E-state index is 0.254. The Balaban J connectivity index is 2.43. The predicted octanol–water partition coefficient (Wildman–Crippen LogP) is -2.44. The lowest BCUT2D eigenvalue weighted by Crippen LogP contribution is -2.56. The van der Waals surface area contributed by atoms with Gasteiger partial charge in [0.2, 0.25) is 29.5 Å². The van der Waals surface area contributed by atoms with Crippen LogP contribution < -0.4 is 26.6 Å². The fraction of sp³-hybridized carbons (Fsp3) is 0.591. The van der Waals surface area contributed by atoms with Crippen molar-refractivity contribution in [2.24, 2.45) is 11.8 Å². The van der Waals surface area contributed by atoms with Gasteiger partial charge in [-0.25, -0.2) is 0 Å². The van der Waals surface area contributed by atoms with Crippen molar-refractivity contribution < 1.29 is 33.6 Å². The lowest BCUT2D eigenvalue weighted by molar-refractivity contribution is -0.141. The molecule has 1 aliphatic rings. The number of hydrogen-bond donors (Lipinski definition) is 5. The normalized spacial score (nSPS) is 14.5. The van der Waals surface area contributed by atoms with Crippen molar-refractivity contribution in [2.45, 2.75) is 46.7 Å². The van der Waals surface area contributed by atoms with Gasteiger partial charge in [-0.1, -0.05) is 27.7 Å². The maximum Gasteiger partial charge on any atom is 0.254 e. The number of imide groups is 1. The Labute approximate surface area is 203 Å². The Hall–Kier alpha value is -3.77. The Morgan fingerprint density at radius 3 is 1.83 bits per heavy atom. The van der Waals surface area contributed by atoms with Gasteiger partial charge in [0.05, 0.1) is 13.1 Å². The topological polar surface area (TPSA) is 183 Å². The molecule has 0 radical (unpaired) electrons. The molecule has 7 amide bonds. The van der Waals surface area contributed by atoms with Gasteiger partial charge in [-0.15, -0.1) is 0 Å². The third-order valence-electron chi connectivity index (χ3n) is 4.80. The number of carbonyl (C=O) groups is 7. The van der Waals surface area contributed by atoms with E-state index in [-0.39, 0.29) is 17.7 Å². The van der Waals surface area contributed by atoms with E-state index in [9.17, 15) is 33.6 Å². The van der Waals surface area contributed by atoms with E-state index in [1.807, 2.05) is 13.8 Å². The first-order chi connectivity index (χ1) is 16.3. The van der Waals surface area contributed by atoms with E-state index in [1.165, 1.54) is 6.92 Å². The van der Waals surface area contributed by atoms with Crippen LogP contribution in [0.3, 0.4) is 0 Å². The molecule has 0 aromatic rings. The van der Waals surface area contributed by atoms with Crippen LogP contribution in [0.15, 0.2) is 12.2 Å². The molecule has 1 heterocycles. The van der Waals surface area contributed by atoms with Crippen LogP contribution >= 0.6 is 0 Å². The summed E-state index contributed by atoms with van der Waals surface area (Å²) in [4.78, 5) is 84.2. The Morgan fingerprint density at radius 2 is 1.29 bits per heavy atom. The number of nitrogens with zero attached hydrogens (tertiary/aromatic N) is 1. The van der Waals surface area contributed by atoms with Gasteiger partial charge in [-0.2, -0.15) is 0 Å².